The summed E-state index contributed by atoms with van der Waals surface area (Å²) in [6.45, 7) is 11.8. The average Bonchev–Trinajstić information content (AvgIpc) is 2.92. The molecule has 0 saturated heterocycles. The molecule has 1 aromatic rings. The Kier molecular flexibility index (Phi) is 7.82. The Morgan fingerprint density at radius 2 is 1.86 bits per heavy atom. The summed E-state index contributed by atoms with van der Waals surface area (Å²) >= 11 is 0. The van der Waals surface area contributed by atoms with Gasteiger partial charge in [-0.05, 0) is 34.1 Å². The van der Waals surface area contributed by atoms with Crippen molar-refractivity contribution in [2.24, 2.45) is 0 Å². The van der Waals surface area contributed by atoms with Crippen molar-refractivity contribution in [3.63, 3.8) is 0 Å². The summed E-state index contributed by atoms with van der Waals surface area (Å²) in [6.07, 6.45) is 6.36. The first kappa shape index (κ1) is 17.5. The first-order valence-electron chi connectivity index (χ1n) is 7.74. The standard InChI is InChI=1S/C15H29N5O/c1-13(2)20(14(3)4)11-8-18-15(21)17-6-5-9-19-10-7-16-12-19/h7,10,12-14H,5-6,8-9,11H2,1-4H3,(H2,17,18,21). The summed E-state index contributed by atoms with van der Waals surface area (Å²) < 4.78 is 2.00. The van der Waals surface area contributed by atoms with Crippen molar-refractivity contribution < 1.29 is 4.79 Å². The lowest BCUT2D eigenvalue weighted by Crippen LogP contribution is -2.44. The molecule has 0 atom stereocenters. The zero-order chi connectivity index (χ0) is 15.7. The number of nitrogens with zero attached hydrogens (tertiary/aromatic N) is 3. The van der Waals surface area contributed by atoms with E-state index in [2.05, 4.69) is 48.2 Å². The molecule has 0 aliphatic rings. The van der Waals surface area contributed by atoms with Crippen LogP contribution in [0.25, 0.3) is 0 Å². The van der Waals surface area contributed by atoms with Crippen molar-refractivity contribution in [3.8, 4) is 0 Å². The first-order chi connectivity index (χ1) is 10.0. The minimum Gasteiger partial charge on any atom is -0.338 e. The highest BCUT2D eigenvalue weighted by atomic mass is 16.2. The van der Waals surface area contributed by atoms with Gasteiger partial charge in [-0.25, -0.2) is 9.78 Å². The van der Waals surface area contributed by atoms with Crippen molar-refractivity contribution in [1.29, 1.82) is 0 Å². The molecule has 1 aromatic heterocycles. The number of carbonyl (C=O) groups is 1. The molecule has 120 valence electrons. The van der Waals surface area contributed by atoms with Crippen LogP contribution in [0.1, 0.15) is 34.1 Å². The molecule has 0 radical (unpaired) electrons. The molecule has 6 nitrogen and oxygen atoms in total. The largest absolute Gasteiger partial charge is 0.338 e. The summed E-state index contributed by atoms with van der Waals surface area (Å²) in [4.78, 5) is 18.0. The van der Waals surface area contributed by atoms with E-state index in [0.29, 0.717) is 25.2 Å². The van der Waals surface area contributed by atoms with Crippen LogP contribution in [0, 0.1) is 0 Å². The molecule has 0 bridgehead atoms. The number of aryl methyl sites for hydroxylation is 1. The van der Waals surface area contributed by atoms with E-state index in [4.69, 9.17) is 0 Å². The number of urea groups is 1. The summed E-state index contributed by atoms with van der Waals surface area (Å²) in [7, 11) is 0. The fourth-order valence-electron chi connectivity index (χ4n) is 2.36. The van der Waals surface area contributed by atoms with E-state index >= 15 is 0 Å². The molecule has 0 aliphatic heterocycles. The Balaban J connectivity index is 2.08. The fourth-order valence-corrected chi connectivity index (χ4v) is 2.36. The Morgan fingerprint density at radius 3 is 2.43 bits per heavy atom. The minimum atomic E-state index is -0.0897. The summed E-state index contributed by atoms with van der Waals surface area (Å²) in [5.41, 5.74) is 0. The van der Waals surface area contributed by atoms with E-state index in [9.17, 15) is 4.79 Å². The van der Waals surface area contributed by atoms with Gasteiger partial charge in [0.25, 0.3) is 0 Å². The van der Waals surface area contributed by atoms with Gasteiger partial charge in [-0.15, -0.1) is 0 Å². The summed E-state index contributed by atoms with van der Waals surface area (Å²) in [5.74, 6) is 0. The van der Waals surface area contributed by atoms with Crippen LogP contribution in [0.4, 0.5) is 4.79 Å². The zero-order valence-corrected chi connectivity index (χ0v) is 13.7. The third-order valence-electron chi connectivity index (χ3n) is 3.42. The van der Waals surface area contributed by atoms with E-state index < -0.39 is 0 Å². The maximum atomic E-state index is 11.7. The van der Waals surface area contributed by atoms with Gasteiger partial charge in [0.15, 0.2) is 0 Å². The molecule has 0 aliphatic carbocycles. The molecule has 1 heterocycles. The second-order valence-electron chi connectivity index (χ2n) is 5.76. The average molecular weight is 295 g/mol. The van der Waals surface area contributed by atoms with E-state index in [1.54, 1.807) is 12.5 Å². The second kappa shape index (κ2) is 9.39. The van der Waals surface area contributed by atoms with Gasteiger partial charge in [0.1, 0.15) is 0 Å². The fraction of sp³-hybridized carbons (Fsp3) is 0.733. The number of imidazole rings is 1. The summed E-state index contributed by atoms with van der Waals surface area (Å²) in [6, 6.07) is 0.892. The van der Waals surface area contributed by atoms with Crippen LogP contribution in [0.3, 0.4) is 0 Å². The number of rotatable bonds is 9. The summed E-state index contributed by atoms with van der Waals surface area (Å²) in [5, 5.41) is 5.78. The van der Waals surface area contributed by atoms with E-state index in [1.165, 1.54) is 0 Å². The Bertz CT molecular complexity index is 381. The normalized spacial score (nSPS) is 11.4. The molecule has 0 spiro atoms. The van der Waals surface area contributed by atoms with Gasteiger partial charge < -0.3 is 15.2 Å². The molecule has 0 aromatic carbocycles. The van der Waals surface area contributed by atoms with E-state index in [0.717, 1.165) is 19.5 Å². The monoisotopic (exact) mass is 295 g/mol. The topological polar surface area (TPSA) is 62.2 Å². The third kappa shape index (κ3) is 7.13. The van der Waals surface area contributed by atoms with Gasteiger partial charge in [0, 0.05) is 50.7 Å². The molecule has 0 unspecified atom stereocenters. The van der Waals surface area contributed by atoms with Gasteiger partial charge in [-0.3, -0.25) is 4.90 Å². The number of hydrogen-bond acceptors (Lipinski definition) is 3. The highest BCUT2D eigenvalue weighted by Crippen LogP contribution is 2.03. The maximum Gasteiger partial charge on any atom is 0.314 e. The van der Waals surface area contributed by atoms with Crippen LogP contribution < -0.4 is 10.6 Å². The highest BCUT2D eigenvalue weighted by molar-refractivity contribution is 5.73. The lowest BCUT2D eigenvalue weighted by molar-refractivity contribution is 0.175. The maximum absolute atomic E-state index is 11.7. The molecule has 1 rings (SSSR count). The van der Waals surface area contributed by atoms with Gasteiger partial charge in [0.2, 0.25) is 0 Å². The molecule has 6 heteroatoms. The predicted molar refractivity (Wildman–Crippen MR) is 85.2 cm³/mol. The van der Waals surface area contributed by atoms with Crippen LogP contribution >= 0.6 is 0 Å². The Labute approximate surface area is 127 Å². The van der Waals surface area contributed by atoms with Crippen LogP contribution in [-0.4, -0.2) is 52.2 Å². The van der Waals surface area contributed by atoms with Crippen LogP contribution in [0.5, 0.6) is 0 Å². The van der Waals surface area contributed by atoms with Crippen LogP contribution in [0.15, 0.2) is 18.7 Å². The van der Waals surface area contributed by atoms with Gasteiger partial charge in [-0.1, -0.05) is 0 Å². The smallest absolute Gasteiger partial charge is 0.314 e. The molecular formula is C15H29N5O. The minimum absolute atomic E-state index is 0.0897. The second-order valence-corrected chi connectivity index (χ2v) is 5.76. The number of aromatic nitrogens is 2. The lowest BCUT2D eigenvalue weighted by Gasteiger charge is -2.30. The zero-order valence-electron chi connectivity index (χ0n) is 13.7. The number of amides is 2. The Morgan fingerprint density at radius 1 is 1.19 bits per heavy atom. The van der Waals surface area contributed by atoms with Crippen LogP contribution in [-0.2, 0) is 6.54 Å². The quantitative estimate of drug-likeness (QED) is 0.682. The molecule has 21 heavy (non-hydrogen) atoms. The number of nitrogens with one attached hydrogen (secondary N) is 2. The Hall–Kier alpha value is -1.56. The number of hydrogen-bond donors (Lipinski definition) is 2. The van der Waals surface area contributed by atoms with Crippen molar-refractivity contribution in [3.05, 3.63) is 18.7 Å². The lowest BCUT2D eigenvalue weighted by atomic mass is 10.2. The van der Waals surface area contributed by atoms with E-state index in [1.807, 2.05) is 10.8 Å². The number of carbonyl (C=O) groups excluding carboxylic acids is 1. The van der Waals surface area contributed by atoms with Crippen LogP contribution in [0.2, 0.25) is 0 Å². The van der Waals surface area contributed by atoms with Crippen molar-refractivity contribution in [2.45, 2.75) is 52.7 Å². The molecule has 2 N–H and O–H groups in total. The predicted octanol–water partition coefficient (Wildman–Crippen LogP) is 1.69. The first-order valence-corrected chi connectivity index (χ1v) is 7.74. The molecule has 0 fully saturated rings. The molecule has 0 saturated carbocycles. The van der Waals surface area contributed by atoms with Gasteiger partial charge in [0.05, 0.1) is 6.33 Å². The SMILES string of the molecule is CC(C)N(CCNC(=O)NCCCn1ccnc1)C(C)C. The molecular weight excluding hydrogens is 266 g/mol. The van der Waals surface area contributed by atoms with Crippen molar-refractivity contribution >= 4 is 6.03 Å². The van der Waals surface area contributed by atoms with E-state index in [-0.39, 0.29) is 6.03 Å². The molecule has 2 amide bonds. The van der Waals surface area contributed by atoms with Crippen molar-refractivity contribution in [2.75, 3.05) is 19.6 Å². The van der Waals surface area contributed by atoms with Gasteiger partial charge in [-0.2, -0.15) is 0 Å². The van der Waals surface area contributed by atoms with Crippen molar-refractivity contribution in [1.82, 2.24) is 25.1 Å². The highest BCUT2D eigenvalue weighted by Gasteiger charge is 2.12. The van der Waals surface area contributed by atoms with Gasteiger partial charge >= 0.3 is 6.03 Å². The third-order valence-corrected chi connectivity index (χ3v) is 3.42.